The minimum absolute atomic E-state index is 0.283. The van der Waals surface area contributed by atoms with Gasteiger partial charge >= 0.3 is 0 Å². The molecule has 4 atom stereocenters. The summed E-state index contributed by atoms with van der Waals surface area (Å²) in [5.74, 6) is -2.74. The highest BCUT2D eigenvalue weighted by molar-refractivity contribution is 5.94. The molecular weight excluding hydrogens is 370 g/mol. The van der Waals surface area contributed by atoms with Gasteiger partial charge in [0.05, 0.1) is 0 Å². The van der Waals surface area contributed by atoms with Crippen molar-refractivity contribution < 1.29 is 29.2 Å². The van der Waals surface area contributed by atoms with E-state index in [-0.39, 0.29) is 11.0 Å². The van der Waals surface area contributed by atoms with Crippen LogP contribution in [0.5, 0.6) is 0 Å². The second-order valence-electron chi connectivity index (χ2n) is 6.82. The van der Waals surface area contributed by atoms with Crippen LogP contribution in [-0.4, -0.2) is 82.5 Å². The number of nitrogens with one attached hydrogen (secondary N) is 3. The first kappa shape index (κ1) is 23.3. The molecule has 11 nitrogen and oxygen atoms in total. The zero-order valence-electron chi connectivity index (χ0n) is 16.8. The molecule has 158 valence electrons. The molecule has 0 aromatic rings. The first-order valence-electron chi connectivity index (χ1n) is 9.12. The van der Waals surface area contributed by atoms with Crippen molar-refractivity contribution in [2.45, 2.75) is 64.7 Å². The highest BCUT2D eigenvalue weighted by atomic mass is 16.5. The summed E-state index contributed by atoms with van der Waals surface area (Å²) in [6.45, 7) is 5.88. The number of hydroxylamine groups is 2. The number of hydrogen-bond donors (Lipinski definition) is 4. The standard InChI is InChI=1S/C17H29N5O6/c1-9(14(24)18-5)20-15(25)11(3)22(28)17(27)13-7-6-8-21(13)16(26)10(2)19-12(4)23/h9-11,13,28H,6-8H2,1-5H3,(H,18,24)(H,19,23)(H,20,25)/t9-,10-,11+,13+/m0/s1. The van der Waals surface area contributed by atoms with Crippen LogP contribution in [0.3, 0.4) is 0 Å². The molecule has 0 spiro atoms. The number of hydrogen-bond acceptors (Lipinski definition) is 6. The first-order chi connectivity index (χ1) is 13.0. The Morgan fingerprint density at radius 3 is 2.18 bits per heavy atom. The van der Waals surface area contributed by atoms with Gasteiger partial charge in [-0.2, -0.15) is 0 Å². The van der Waals surface area contributed by atoms with Crippen molar-refractivity contribution in [3.8, 4) is 0 Å². The van der Waals surface area contributed by atoms with Crippen LogP contribution in [-0.2, 0) is 24.0 Å². The number of carbonyl (C=O) groups is 5. The van der Waals surface area contributed by atoms with E-state index in [0.717, 1.165) is 0 Å². The third-order valence-corrected chi connectivity index (χ3v) is 4.58. The normalized spacial score (nSPS) is 19.2. The maximum Gasteiger partial charge on any atom is 0.269 e. The van der Waals surface area contributed by atoms with E-state index in [4.69, 9.17) is 0 Å². The van der Waals surface area contributed by atoms with E-state index in [2.05, 4.69) is 16.0 Å². The molecule has 4 N–H and O–H groups in total. The lowest BCUT2D eigenvalue weighted by molar-refractivity contribution is -0.183. The van der Waals surface area contributed by atoms with Crippen molar-refractivity contribution in [1.29, 1.82) is 0 Å². The lowest BCUT2D eigenvalue weighted by Gasteiger charge is -2.31. The fourth-order valence-electron chi connectivity index (χ4n) is 2.97. The zero-order valence-corrected chi connectivity index (χ0v) is 16.8. The van der Waals surface area contributed by atoms with E-state index < -0.39 is 47.8 Å². The zero-order chi connectivity index (χ0) is 21.6. The molecule has 11 heteroatoms. The van der Waals surface area contributed by atoms with Gasteiger partial charge in [-0.3, -0.25) is 29.2 Å². The van der Waals surface area contributed by atoms with Crippen LogP contribution >= 0.6 is 0 Å². The van der Waals surface area contributed by atoms with Gasteiger partial charge in [-0.25, -0.2) is 5.06 Å². The Morgan fingerprint density at radius 2 is 1.64 bits per heavy atom. The predicted molar refractivity (Wildman–Crippen MR) is 97.8 cm³/mol. The fraction of sp³-hybridized carbons (Fsp3) is 0.706. The highest BCUT2D eigenvalue weighted by Gasteiger charge is 2.40. The summed E-state index contributed by atoms with van der Waals surface area (Å²) in [6, 6.07) is -3.84. The molecule has 0 unspecified atom stereocenters. The fourth-order valence-corrected chi connectivity index (χ4v) is 2.97. The van der Waals surface area contributed by atoms with Crippen LogP contribution in [0.2, 0.25) is 0 Å². The van der Waals surface area contributed by atoms with E-state index in [1.807, 2.05) is 0 Å². The summed E-state index contributed by atoms with van der Waals surface area (Å²) in [6.07, 6.45) is 0.883. The molecule has 1 aliphatic rings. The van der Waals surface area contributed by atoms with Crippen molar-refractivity contribution in [1.82, 2.24) is 25.9 Å². The molecule has 0 bridgehead atoms. The van der Waals surface area contributed by atoms with Gasteiger partial charge in [0.25, 0.3) is 5.91 Å². The topological polar surface area (TPSA) is 148 Å². The minimum Gasteiger partial charge on any atom is -0.357 e. The second kappa shape index (κ2) is 10.0. The number of nitrogens with zero attached hydrogens (tertiary/aromatic N) is 2. The predicted octanol–water partition coefficient (Wildman–Crippen LogP) is -1.64. The molecular formula is C17H29N5O6. The summed E-state index contributed by atoms with van der Waals surface area (Å²) in [7, 11) is 1.42. The van der Waals surface area contributed by atoms with E-state index in [9.17, 15) is 29.2 Å². The highest BCUT2D eigenvalue weighted by Crippen LogP contribution is 2.21. The molecule has 0 saturated carbocycles. The number of likely N-dealkylation sites (N-methyl/N-ethyl adjacent to an activating group) is 1. The van der Waals surface area contributed by atoms with Crippen LogP contribution < -0.4 is 16.0 Å². The van der Waals surface area contributed by atoms with Crippen molar-refractivity contribution in [3.05, 3.63) is 0 Å². The average molecular weight is 399 g/mol. The van der Waals surface area contributed by atoms with Gasteiger partial charge < -0.3 is 20.9 Å². The lowest BCUT2D eigenvalue weighted by atomic mass is 10.1. The van der Waals surface area contributed by atoms with Gasteiger partial charge in [0, 0.05) is 20.5 Å². The number of carbonyl (C=O) groups excluding carboxylic acids is 5. The minimum atomic E-state index is -1.26. The maximum absolute atomic E-state index is 12.7. The van der Waals surface area contributed by atoms with E-state index in [1.54, 1.807) is 0 Å². The quantitative estimate of drug-likeness (QED) is 0.298. The van der Waals surface area contributed by atoms with Crippen molar-refractivity contribution in [2.75, 3.05) is 13.6 Å². The molecule has 0 aliphatic carbocycles. The number of amides is 5. The second-order valence-corrected chi connectivity index (χ2v) is 6.82. The molecule has 0 radical (unpaired) electrons. The van der Waals surface area contributed by atoms with Gasteiger partial charge in [0.1, 0.15) is 24.2 Å². The SMILES string of the molecule is CNC(=O)[C@H](C)NC(=O)[C@@H](C)N(O)C(=O)[C@H]1CCCN1C(=O)[C@H](C)NC(C)=O. The Labute approximate surface area is 163 Å². The molecule has 5 amide bonds. The Morgan fingerprint density at radius 1 is 1.04 bits per heavy atom. The van der Waals surface area contributed by atoms with Gasteiger partial charge in [-0.1, -0.05) is 0 Å². The summed E-state index contributed by atoms with van der Waals surface area (Å²) < 4.78 is 0. The van der Waals surface area contributed by atoms with Crippen LogP contribution in [0.1, 0.15) is 40.5 Å². The van der Waals surface area contributed by atoms with Crippen LogP contribution in [0, 0.1) is 0 Å². The molecule has 0 aromatic heterocycles. The smallest absolute Gasteiger partial charge is 0.269 e. The Bertz CT molecular complexity index is 640. The average Bonchev–Trinajstić information content (AvgIpc) is 3.13. The van der Waals surface area contributed by atoms with Crippen molar-refractivity contribution >= 4 is 29.5 Å². The summed E-state index contributed by atoms with van der Waals surface area (Å²) >= 11 is 0. The summed E-state index contributed by atoms with van der Waals surface area (Å²) in [4.78, 5) is 61.3. The van der Waals surface area contributed by atoms with E-state index in [0.29, 0.717) is 19.4 Å². The van der Waals surface area contributed by atoms with Crippen LogP contribution in [0.15, 0.2) is 0 Å². The van der Waals surface area contributed by atoms with Gasteiger partial charge in [-0.15, -0.1) is 0 Å². The molecule has 1 heterocycles. The number of rotatable bonds is 7. The monoisotopic (exact) mass is 399 g/mol. The molecule has 0 aromatic carbocycles. The van der Waals surface area contributed by atoms with Gasteiger partial charge in [0.15, 0.2) is 0 Å². The van der Waals surface area contributed by atoms with Crippen molar-refractivity contribution in [2.24, 2.45) is 0 Å². The van der Waals surface area contributed by atoms with Crippen molar-refractivity contribution in [3.63, 3.8) is 0 Å². The molecule has 28 heavy (non-hydrogen) atoms. The Kier molecular flexibility index (Phi) is 8.35. The molecule has 1 fully saturated rings. The maximum atomic E-state index is 12.7. The van der Waals surface area contributed by atoms with E-state index >= 15 is 0 Å². The molecule has 1 rings (SSSR count). The van der Waals surface area contributed by atoms with Crippen LogP contribution in [0.4, 0.5) is 0 Å². The molecule has 1 saturated heterocycles. The molecule has 1 aliphatic heterocycles. The Hall–Kier alpha value is -2.69. The third kappa shape index (κ3) is 5.65. The van der Waals surface area contributed by atoms with Crippen LogP contribution in [0.25, 0.3) is 0 Å². The van der Waals surface area contributed by atoms with Gasteiger partial charge in [-0.05, 0) is 33.6 Å². The van der Waals surface area contributed by atoms with Gasteiger partial charge in [0.2, 0.25) is 23.6 Å². The van der Waals surface area contributed by atoms with E-state index in [1.165, 1.54) is 39.6 Å². The largest absolute Gasteiger partial charge is 0.357 e. The summed E-state index contributed by atoms with van der Waals surface area (Å²) in [5, 5.41) is 17.7. The third-order valence-electron chi connectivity index (χ3n) is 4.58. The first-order valence-corrected chi connectivity index (χ1v) is 9.12. The number of likely N-dealkylation sites (tertiary alicyclic amines) is 1. The lowest BCUT2D eigenvalue weighted by Crippen LogP contribution is -2.56. The summed E-state index contributed by atoms with van der Waals surface area (Å²) in [5.41, 5.74) is 0. The Balaban J connectivity index is 2.79.